The fourth-order valence-corrected chi connectivity index (χ4v) is 0.557. The first-order valence-electron chi connectivity index (χ1n) is 2.53. The Bertz CT molecular complexity index is 84.6. The Morgan fingerprint density at radius 2 is 2.11 bits per heavy atom. The Labute approximate surface area is 56.1 Å². The van der Waals surface area contributed by atoms with Gasteiger partial charge in [-0.15, -0.1) is 0 Å². The molecular weight excluding hydrogens is 144 g/mol. The van der Waals surface area contributed by atoms with Gasteiger partial charge >= 0.3 is 0 Å². The van der Waals surface area contributed by atoms with E-state index in [2.05, 4.69) is 0 Å². The molecule has 0 aliphatic carbocycles. The quantitative estimate of drug-likeness (QED) is 0.402. The molecule has 1 atom stereocenters. The average molecular weight is 154 g/mol. The third-order valence-corrected chi connectivity index (χ3v) is 1.15. The number of rotatable bonds is 5. The summed E-state index contributed by atoms with van der Waals surface area (Å²) in [7, 11) is 0. The number of ether oxygens (including phenoxy) is 1. The molecule has 0 fully saturated rings. The van der Waals surface area contributed by atoms with Crippen LogP contribution >= 0.6 is 0 Å². The van der Waals surface area contributed by atoms with Crippen molar-refractivity contribution < 1.29 is 18.6 Å². The van der Waals surface area contributed by atoms with Crippen LogP contribution in [0.5, 0.6) is 0 Å². The lowest BCUT2D eigenvalue weighted by Gasteiger charge is -1.96. The first kappa shape index (κ1) is 9.03. The lowest BCUT2D eigenvalue weighted by atomic mass is 10.7. The summed E-state index contributed by atoms with van der Waals surface area (Å²) >= 11 is -1.78. The molecular formula is C4H10O4S. The molecule has 9 heavy (non-hydrogen) atoms. The van der Waals surface area contributed by atoms with Gasteiger partial charge in [0.15, 0.2) is 11.1 Å². The van der Waals surface area contributed by atoms with Crippen molar-refractivity contribution >= 4 is 11.1 Å². The van der Waals surface area contributed by atoms with Crippen LogP contribution in [0, 0.1) is 0 Å². The zero-order chi connectivity index (χ0) is 7.11. The lowest BCUT2D eigenvalue weighted by Crippen LogP contribution is -2.07. The molecule has 0 saturated carbocycles. The van der Waals surface area contributed by atoms with Gasteiger partial charge in [0.2, 0.25) is 0 Å². The van der Waals surface area contributed by atoms with Crippen molar-refractivity contribution in [1.82, 2.24) is 0 Å². The molecule has 0 heterocycles. The molecule has 4 nitrogen and oxygen atoms in total. The highest BCUT2D eigenvalue weighted by molar-refractivity contribution is 7.79. The molecule has 0 bridgehead atoms. The summed E-state index contributed by atoms with van der Waals surface area (Å²) in [6, 6.07) is 0. The minimum atomic E-state index is -1.78. The van der Waals surface area contributed by atoms with Crippen LogP contribution in [0.4, 0.5) is 0 Å². The Balaban J connectivity index is 2.83. The maximum Gasteiger partial charge on any atom is 0.155 e. The Kier molecular flexibility index (Phi) is 6.18. The highest BCUT2D eigenvalue weighted by Crippen LogP contribution is 1.76. The Hall–Kier alpha value is 0.0300. The summed E-state index contributed by atoms with van der Waals surface area (Å²) in [6.45, 7) is 0.416. The van der Waals surface area contributed by atoms with Crippen LogP contribution in [0.1, 0.15) is 0 Å². The van der Waals surface area contributed by atoms with E-state index < -0.39 is 11.1 Å². The van der Waals surface area contributed by atoms with Gasteiger partial charge < -0.3 is 14.4 Å². The van der Waals surface area contributed by atoms with E-state index in [0.29, 0.717) is 0 Å². The largest absolute Gasteiger partial charge is 0.394 e. The van der Waals surface area contributed by atoms with Crippen LogP contribution < -0.4 is 0 Å². The molecule has 2 N–H and O–H groups in total. The molecule has 0 aromatic rings. The topological polar surface area (TPSA) is 66.8 Å². The van der Waals surface area contributed by atoms with Gasteiger partial charge in [0, 0.05) is 0 Å². The smallest absolute Gasteiger partial charge is 0.155 e. The molecule has 0 amide bonds. The van der Waals surface area contributed by atoms with Crippen LogP contribution in [0.25, 0.3) is 0 Å². The third-order valence-electron chi connectivity index (χ3n) is 0.638. The molecule has 0 aromatic carbocycles. The van der Waals surface area contributed by atoms with Gasteiger partial charge in [-0.3, -0.25) is 0 Å². The molecule has 0 spiro atoms. The van der Waals surface area contributed by atoms with Crippen LogP contribution in [0.15, 0.2) is 0 Å². The van der Waals surface area contributed by atoms with Gasteiger partial charge in [-0.05, 0) is 0 Å². The minimum absolute atomic E-state index is 0.0436. The summed E-state index contributed by atoms with van der Waals surface area (Å²) in [5.74, 6) is 0.111. The second kappa shape index (κ2) is 6.15. The predicted octanol–water partition coefficient (Wildman–Crippen LogP) is -0.783. The van der Waals surface area contributed by atoms with E-state index >= 15 is 0 Å². The molecule has 56 valence electrons. The van der Waals surface area contributed by atoms with Gasteiger partial charge in [0.25, 0.3) is 0 Å². The minimum Gasteiger partial charge on any atom is -0.394 e. The highest BCUT2D eigenvalue weighted by Gasteiger charge is 1.91. The van der Waals surface area contributed by atoms with Gasteiger partial charge in [-0.25, -0.2) is 4.21 Å². The van der Waals surface area contributed by atoms with Gasteiger partial charge in [-0.1, -0.05) is 0 Å². The molecule has 0 aliphatic heterocycles. The van der Waals surface area contributed by atoms with Gasteiger partial charge in [-0.2, -0.15) is 0 Å². The third kappa shape index (κ3) is 8.03. The predicted molar refractivity (Wildman–Crippen MR) is 33.5 cm³/mol. The average Bonchev–Trinajstić information content (AvgIpc) is 1.80. The first-order chi connectivity index (χ1) is 4.27. The molecule has 0 aromatic heterocycles. The van der Waals surface area contributed by atoms with Crippen molar-refractivity contribution in [3.8, 4) is 0 Å². The van der Waals surface area contributed by atoms with Crippen LogP contribution in [0.3, 0.4) is 0 Å². The zero-order valence-electron chi connectivity index (χ0n) is 4.95. The maximum atomic E-state index is 9.93. The molecule has 5 heteroatoms. The standard InChI is InChI=1S/C4H10O4S/c5-1-2-8-3-4-9(6)7/h5H,1-4H2,(H,6,7). The number of aliphatic hydroxyl groups is 1. The zero-order valence-corrected chi connectivity index (χ0v) is 5.76. The van der Waals surface area contributed by atoms with E-state index in [-0.39, 0.29) is 25.6 Å². The molecule has 0 aliphatic rings. The molecule has 0 rings (SSSR count). The summed E-state index contributed by atoms with van der Waals surface area (Å²) < 4.78 is 22.8. The lowest BCUT2D eigenvalue weighted by molar-refractivity contribution is 0.102. The fourth-order valence-electron chi connectivity index (χ4n) is 0.297. The van der Waals surface area contributed by atoms with Gasteiger partial charge in [0.05, 0.1) is 25.6 Å². The van der Waals surface area contributed by atoms with Crippen molar-refractivity contribution in [3.05, 3.63) is 0 Å². The van der Waals surface area contributed by atoms with E-state index in [0.717, 1.165) is 0 Å². The maximum absolute atomic E-state index is 9.93. The van der Waals surface area contributed by atoms with Gasteiger partial charge in [0.1, 0.15) is 0 Å². The summed E-state index contributed by atoms with van der Waals surface area (Å²) in [5, 5.41) is 8.17. The summed E-state index contributed by atoms with van der Waals surface area (Å²) in [4.78, 5) is 0. The SMILES string of the molecule is O=S(O)CCOCCO. The fraction of sp³-hybridized carbons (Fsp3) is 1.00. The Morgan fingerprint density at radius 3 is 2.56 bits per heavy atom. The monoisotopic (exact) mass is 154 g/mol. The van der Waals surface area contributed by atoms with E-state index in [9.17, 15) is 4.21 Å². The van der Waals surface area contributed by atoms with Crippen LogP contribution in [-0.4, -0.2) is 39.4 Å². The van der Waals surface area contributed by atoms with Crippen molar-refractivity contribution in [1.29, 1.82) is 0 Å². The van der Waals surface area contributed by atoms with E-state index in [1.54, 1.807) is 0 Å². The molecule has 0 saturated heterocycles. The number of hydrogen-bond acceptors (Lipinski definition) is 3. The van der Waals surface area contributed by atoms with E-state index in [4.69, 9.17) is 14.4 Å². The van der Waals surface area contributed by atoms with Crippen molar-refractivity contribution in [2.45, 2.75) is 0 Å². The van der Waals surface area contributed by atoms with Crippen molar-refractivity contribution in [3.63, 3.8) is 0 Å². The highest BCUT2D eigenvalue weighted by atomic mass is 32.2. The Morgan fingerprint density at radius 1 is 1.44 bits per heavy atom. The van der Waals surface area contributed by atoms with Crippen molar-refractivity contribution in [2.75, 3.05) is 25.6 Å². The summed E-state index contributed by atoms with van der Waals surface area (Å²) in [6.07, 6.45) is 0. The van der Waals surface area contributed by atoms with Crippen molar-refractivity contribution in [2.24, 2.45) is 0 Å². The van der Waals surface area contributed by atoms with Crippen LogP contribution in [-0.2, 0) is 15.8 Å². The second-order valence-electron chi connectivity index (χ2n) is 1.36. The van der Waals surface area contributed by atoms with Crippen LogP contribution in [0.2, 0.25) is 0 Å². The normalized spacial score (nSPS) is 13.6. The number of aliphatic hydroxyl groups excluding tert-OH is 1. The first-order valence-corrected chi connectivity index (χ1v) is 3.81. The summed E-state index contributed by atoms with van der Waals surface area (Å²) in [5.41, 5.74) is 0. The second-order valence-corrected chi connectivity index (χ2v) is 2.41. The molecule has 0 radical (unpaired) electrons. The molecule has 1 unspecified atom stereocenters. The van der Waals surface area contributed by atoms with E-state index in [1.807, 2.05) is 0 Å². The number of hydrogen-bond donors (Lipinski definition) is 2. The van der Waals surface area contributed by atoms with E-state index in [1.165, 1.54) is 0 Å².